The molecule has 0 spiro atoms. The van der Waals surface area contributed by atoms with Gasteiger partial charge in [-0.15, -0.1) is 0 Å². The molecule has 2 atom stereocenters. The Morgan fingerprint density at radius 1 is 1.06 bits per heavy atom. The summed E-state index contributed by atoms with van der Waals surface area (Å²) in [6.07, 6.45) is 2.58. The maximum absolute atomic E-state index is 13.8. The van der Waals surface area contributed by atoms with Crippen LogP contribution in [0.5, 0.6) is 0 Å². The molecule has 1 aliphatic carbocycles. The van der Waals surface area contributed by atoms with Gasteiger partial charge in [0, 0.05) is 18.3 Å². The number of anilines is 1. The van der Waals surface area contributed by atoms with Gasteiger partial charge in [-0.1, -0.05) is 30.3 Å². The van der Waals surface area contributed by atoms with E-state index in [1.54, 1.807) is 0 Å². The van der Waals surface area contributed by atoms with Crippen LogP contribution in [0, 0.1) is 5.82 Å². The maximum Gasteiger partial charge on any atom is 0.266 e. The summed E-state index contributed by atoms with van der Waals surface area (Å²) in [6, 6.07) is 13.3. The number of alkyl halides is 2. The van der Waals surface area contributed by atoms with E-state index in [4.69, 9.17) is 4.74 Å². The third kappa shape index (κ3) is 6.12. The molecule has 1 saturated carbocycles. The largest absolute Gasteiger partial charge is 0.376 e. The molecule has 1 heterocycles. The maximum atomic E-state index is 13.8. The Kier molecular flexibility index (Phi) is 7.84. The normalized spacial score (nSPS) is 25.7. The Bertz CT molecular complexity index is 1060. The number of hydrogen-bond donors (Lipinski definition) is 1. The first-order valence-electron chi connectivity index (χ1n) is 11.7. The van der Waals surface area contributed by atoms with Crippen molar-refractivity contribution in [3.8, 4) is 0 Å². The van der Waals surface area contributed by atoms with Crippen LogP contribution in [-0.4, -0.2) is 46.0 Å². The van der Waals surface area contributed by atoms with Crippen LogP contribution >= 0.6 is 0 Å². The predicted octanol–water partition coefficient (Wildman–Crippen LogP) is 5.00. The minimum Gasteiger partial charge on any atom is -0.376 e. The molecule has 1 aliphatic heterocycles. The molecule has 34 heavy (non-hydrogen) atoms. The highest BCUT2D eigenvalue weighted by Gasteiger charge is 2.37. The van der Waals surface area contributed by atoms with Crippen LogP contribution < -0.4 is 9.62 Å². The Balaban J connectivity index is 1.44. The van der Waals surface area contributed by atoms with Gasteiger partial charge in [0.05, 0.1) is 30.6 Å². The molecule has 0 amide bonds. The van der Waals surface area contributed by atoms with Crippen molar-refractivity contribution in [2.75, 3.05) is 24.3 Å². The fraction of sp³-hybridized carbons (Fsp3) is 0.520. The van der Waals surface area contributed by atoms with Gasteiger partial charge in [-0.3, -0.25) is 0 Å². The Hall–Kier alpha value is -2.10. The third-order valence-electron chi connectivity index (χ3n) is 6.91. The van der Waals surface area contributed by atoms with Crippen LogP contribution in [-0.2, 0) is 14.8 Å². The van der Waals surface area contributed by atoms with Crippen LogP contribution in [0.4, 0.5) is 18.9 Å². The second kappa shape index (κ2) is 10.7. The average molecular weight is 497 g/mol. The number of hydrogen-bond acceptors (Lipinski definition) is 4. The van der Waals surface area contributed by atoms with Crippen molar-refractivity contribution in [2.45, 2.75) is 62.6 Å². The van der Waals surface area contributed by atoms with Gasteiger partial charge in [-0.25, -0.2) is 26.3 Å². The van der Waals surface area contributed by atoms with E-state index in [1.165, 1.54) is 11.6 Å². The van der Waals surface area contributed by atoms with Crippen LogP contribution in [0.3, 0.4) is 0 Å². The summed E-state index contributed by atoms with van der Waals surface area (Å²) in [4.78, 5) is 1.85. The molecule has 1 N–H and O–H groups in total. The van der Waals surface area contributed by atoms with E-state index in [1.807, 2.05) is 11.0 Å². The number of halogens is 3. The fourth-order valence-corrected chi connectivity index (χ4v) is 6.02. The molecular weight excluding hydrogens is 465 g/mol. The second-order valence-electron chi connectivity index (χ2n) is 9.27. The molecule has 0 radical (unpaired) electrons. The minimum absolute atomic E-state index is 0.0612. The van der Waals surface area contributed by atoms with Crippen LogP contribution in [0.2, 0.25) is 0 Å². The van der Waals surface area contributed by atoms with Gasteiger partial charge >= 0.3 is 0 Å². The van der Waals surface area contributed by atoms with Gasteiger partial charge in [0.25, 0.3) is 6.43 Å². The molecule has 9 heteroatoms. The van der Waals surface area contributed by atoms with Crippen molar-refractivity contribution in [2.24, 2.45) is 0 Å². The summed E-state index contributed by atoms with van der Waals surface area (Å²) >= 11 is 0. The van der Waals surface area contributed by atoms with Crippen molar-refractivity contribution in [1.29, 1.82) is 0 Å². The lowest BCUT2D eigenvalue weighted by atomic mass is 9.83. The average Bonchev–Trinajstić information content (AvgIpc) is 3.19. The molecule has 4 rings (SSSR count). The number of nitrogens with one attached hydrogen (secondary N) is 1. The van der Waals surface area contributed by atoms with Crippen LogP contribution in [0.15, 0.2) is 48.5 Å². The van der Waals surface area contributed by atoms with Gasteiger partial charge in [0.15, 0.2) is 0 Å². The zero-order chi connectivity index (χ0) is 24.3. The van der Waals surface area contributed by atoms with Crippen molar-refractivity contribution in [3.63, 3.8) is 0 Å². The molecule has 1 saturated heterocycles. The van der Waals surface area contributed by atoms with E-state index in [0.29, 0.717) is 24.6 Å². The van der Waals surface area contributed by atoms with E-state index in [-0.39, 0.29) is 18.8 Å². The lowest BCUT2D eigenvalue weighted by Gasteiger charge is -2.34. The molecule has 5 nitrogen and oxygen atoms in total. The monoisotopic (exact) mass is 496 g/mol. The SMILES string of the molecule is CS(=O)(=O)N[C@H]1CCN(c2ccc(F)c(C(F)F)c2)[C@H]1COC1CCC(c2ccccc2)CC1. The molecular formula is C25H31F3N2O3S. The standard InChI is InChI=1S/C25H31F3N2O3S/c1-34(31,32)29-23-13-14-30(19-9-12-22(26)21(15-19)25(27)28)24(23)16-33-20-10-7-18(8-11-20)17-5-3-2-4-6-17/h2-6,9,12,15,18,20,23-25,29H,7-8,10-11,13-14,16H2,1H3/t18?,20?,23-,24-/m0/s1. The first-order chi connectivity index (χ1) is 16.2. The summed E-state index contributed by atoms with van der Waals surface area (Å²) in [7, 11) is -3.47. The van der Waals surface area contributed by atoms with Crippen molar-refractivity contribution >= 4 is 15.7 Å². The highest BCUT2D eigenvalue weighted by atomic mass is 32.2. The summed E-state index contributed by atoms with van der Waals surface area (Å²) in [6.45, 7) is 0.714. The number of rotatable bonds is 8. The number of benzene rings is 2. The van der Waals surface area contributed by atoms with E-state index in [2.05, 4.69) is 29.0 Å². The summed E-state index contributed by atoms with van der Waals surface area (Å²) in [5.74, 6) is -0.442. The molecule has 2 aliphatic rings. The Morgan fingerprint density at radius 2 is 1.76 bits per heavy atom. The summed E-state index contributed by atoms with van der Waals surface area (Å²) in [5.41, 5.74) is 1.12. The molecule has 2 aromatic carbocycles. The van der Waals surface area contributed by atoms with Gasteiger partial charge in [-0.05, 0) is 61.8 Å². The zero-order valence-corrected chi connectivity index (χ0v) is 20.0. The molecule has 186 valence electrons. The Labute approximate surface area is 199 Å². The second-order valence-corrected chi connectivity index (χ2v) is 11.1. The number of nitrogens with zero attached hydrogens (tertiary/aromatic N) is 1. The summed E-state index contributed by atoms with van der Waals surface area (Å²) < 4.78 is 73.1. The fourth-order valence-electron chi connectivity index (χ4n) is 5.19. The topological polar surface area (TPSA) is 58.6 Å². The smallest absolute Gasteiger partial charge is 0.266 e. The molecule has 0 unspecified atom stereocenters. The van der Waals surface area contributed by atoms with Crippen LogP contribution in [0.25, 0.3) is 0 Å². The Morgan fingerprint density at radius 3 is 2.41 bits per heavy atom. The first kappa shape index (κ1) is 25.0. The quantitative estimate of drug-likeness (QED) is 0.559. The zero-order valence-electron chi connectivity index (χ0n) is 19.2. The third-order valence-corrected chi connectivity index (χ3v) is 7.64. The van der Waals surface area contributed by atoms with Gasteiger partial charge in [0.1, 0.15) is 5.82 Å². The molecule has 2 fully saturated rings. The molecule has 0 aromatic heterocycles. The minimum atomic E-state index is -3.47. The number of sulfonamides is 1. The van der Waals surface area contributed by atoms with Gasteiger partial charge in [0.2, 0.25) is 10.0 Å². The molecule has 2 aromatic rings. The van der Waals surface area contributed by atoms with Gasteiger partial charge in [-0.2, -0.15) is 0 Å². The van der Waals surface area contributed by atoms with E-state index in [9.17, 15) is 21.6 Å². The lowest BCUT2D eigenvalue weighted by molar-refractivity contribution is 0.0157. The summed E-state index contributed by atoms with van der Waals surface area (Å²) in [5, 5.41) is 0. The van der Waals surface area contributed by atoms with E-state index >= 15 is 0 Å². The van der Waals surface area contributed by atoms with Crippen molar-refractivity contribution < 1.29 is 26.3 Å². The predicted molar refractivity (Wildman–Crippen MR) is 126 cm³/mol. The molecule has 0 bridgehead atoms. The van der Waals surface area contributed by atoms with Crippen LogP contribution in [0.1, 0.15) is 55.6 Å². The van der Waals surface area contributed by atoms with E-state index in [0.717, 1.165) is 44.1 Å². The van der Waals surface area contributed by atoms with Crippen molar-refractivity contribution in [1.82, 2.24) is 4.72 Å². The van der Waals surface area contributed by atoms with Crippen molar-refractivity contribution in [3.05, 3.63) is 65.5 Å². The first-order valence-corrected chi connectivity index (χ1v) is 13.6. The number of ether oxygens (including phenoxy) is 1. The van der Waals surface area contributed by atoms with Gasteiger partial charge < -0.3 is 9.64 Å². The highest BCUT2D eigenvalue weighted by molar-refractivity contribution is 7.88. The lowest BCUT2D eigenvalue weighted by Crippen LogP contribution is -2.48. The van der Waals surface area contributed by atoms with E-state index < -0.39 is 33.9 Å². The highest BCUT2D eigenvalue weighted by Crippen LogP contribution is 2.35.